The minimum atomic E-state index is -5.87. The van der Waals surface area contributed by atoms with Crippen LogP contribution in [0.15, 0.2) is 24.3 Å². The summed E-state index contributed by atoms with van der Waals surface area (Å²) < 4.78 is 101. The second-order valence-corrected chi connectivity index (χ2v) is 3.72. The molecule has 1 atom stereocenters. The molecule has 0 aromatic heterocycles. The summed E-state index contributed by atoms with van der Waals surface area (Å²) in [4.78, 5) is 0. The van der Waals surface area contributed by atoms with Crippen molar-refractivity contribution in [2.24, 2.45) is 5.73 Å². The van der Waals surface area contributed by atoms with Gasteiger partial charge in [0.25, 0.3) is 0 Å². The van der Waals surface area contributed by atoms with Crippen molar-refractivity contribution in [1.29, 1.82) is 0 Å². The smallest absolute Gasteiger partial charge is 0.406 e. The van der Waals surface area contributed by atoms with Gasteiger partial charge in [-0.05, 0) is 17.7 Å². The van der Waals surface area contributed by atoms with Crippen LogP contribution >= 0.6 is 12.4 Å². The largest absolute Gasteiger partial charge is 0.573 e. The van der Waals surface area contributed by atoms with Crippen LogP contribution in [0.3, 0.4) is 0 Å². The van der Waals surface area contributed by atoms with E-state index in [1.807, 2.05) is 0 Å². The molecule has 0 saturated heterocycles. The average molecular weight is 346 g/mol. The van der Waals surface area contributed by atoms with Gasteiger partial charge in [-0.15, -0.1) is 25.6 Å². The van der Waals surface area contributed by atoms with Crippen LogP contribution in [-0.2, 0) is 0 Å². The van der Waals surface area contributed by atoms with E-state index in [0.717, 1.165) is 0 Å². The second-order valence-electron chi connectivity index (χ2n) is 3.72. The van der Waals surface area contributed by atoms with Gasteiger partial charge in [0.15, 0.2) is 0 Å². The summed E-state index contributed by atoms with van der Waals surface area (Å²) in [7, 11) is 0. The summed E-state index contributed by atoms with van der Waals surface area (Å²) in [6.45, 7) is 0. The van der Waals surface area contributed by atoms with Gasteiger partial charge in [0.2, 0.25) is 0 Å². The van der Waals surface area contributed by atoms with E-state index < -0.39 is 35.8 Å². The van der Waals surface area contributed by atoms with E-state index >= 15 is 0 Å². The van der Waals surface area contributed by atoms with E-state index in [0.29, 0.717) is 24.3 Å². The summed E-state index contributed by atoms with van der Waals surface area (Å²) in [5, 5.41) is 0. The first-order valence-electron chi connectivity index (χ1n) is 4.90. The molecule has 0 radical (unpaired) electrons. The lowest BCUT2D eigenvalue weighted by atomic mass is 10.0. The number of alkyl halides is 8. The molecule has 1 aromatic rings. The number of hydrogen-bond donors (Lipinski definition) is 1. The monoisotopic (exact) mass is 345 g/mol. The lowest BCUT2D eigenvalue weighted by Crippen LogP contribution is -2.45. The Labute approximate surface area is 119 Å². The number of hydrogen-bond acceptors (Lipinski definition) is 2. The number of benzene rings is 1. The minimum absolute atomic E-state index is 0. The third-order valence-corrected chi connectivity index (χ3v) is 2.24. The summed E-state index contributed by atoms with van der Waals surface area (Å²) in [5.41, 5.74) is 4.12. The van der Waals surface area contributed by atoms with Crippen molar-refractivity contribution < 1.29 is 39.9 Å². The van der Waals surface area contributed by atoms with Crippen LogP contribution in [0, 0.1) is 0 Å². The zero-order chi connectivity index (χ0) is 15.8. The van der Waals surface area contributed by atoms with Crippen LogP contribution in [0.2, 0.25) is 0 Å². The normalized spacial score (nSPS) is 14.3. The zero-order valence-corrected chi connectivity index (χ0v) is 10.6. The molecule has 2 N–H and O–H groups in total. The highest BCUT2D eigenvalue weighted by Crippen LogP contribution is 2.43. The molecular weight excluding hydrogens is 338 g/mol. The van der Waals surface area contributed by atoms with E-state index in [1.54, 1.807) is 0 Å². The molecule has 0 aliphatic heterocycles. The van der Waals surface area contributed by atoms with Crippen molar-refractivity contribution in [1.82, 2.24) is 0 Å². The highest BCUT2D eigenvalue weighted by atomic mass is 35.5. The topological polar surface area (TPSA) is 35.2 Å². The van der Waals surface area contributed by atoms with Gasteiger partial charge >= 0.3 is 18.5 Å². The van der Waals surface area contributed by atoms with Crippen LogP contribution in [0.4, 0.5) is 35.1 Å². The molecule has 0 bridgehead atoms. The molecule has 0 aliphatic carbocycles. The Hall–Kier alpha value is -1.29. The van der Waals surface area contributed by atoms with Gasteiger partial charge in [-0.3, -0.25) is 0 Å². The van der Waals surface area contributed by atoms with E-state index in [-0.39, 0.29) is 12.4 Å². The first-order valence-corrected chi connectivity index (χ1v) is 4.90. The van der Waals surface area contributed by atoms with Gasteiger partial charge in [-0.1, -0.05) is 12.1 Å². The highest BCUT2D eigenvalue weighted by molar-refractivity contribution is 5.85. The van der Waals surface area contributed by atoms with Crippen molar-refractivity contribution in [3.05, 3.63) is 29.8 Å². The van der Waals surface area contributed by atoms with Crippen molar-refractivity contribution in [2.45, 2.75) is 24.5 Å². The van der Waals surface area contributed by atoms with Crippen molar-refractivity contribution in [2.75, 3.05) is 0 Å². The number of nitrogens with two attached hydrogens (primary N) is 1. The third-order valence-electron chi connectivity index (χ3n) is 2.24. The maximum Gasteiger partial charge on any atom is 0.573 e. The van der Waals surface area contributed by atoms with E-state index in [2.05, 4.69) is 4.74 Å². The Morgan fingerprint density at radius 2 is 1.29 bits per heavy atom. The predicted molar refractivity (Wildman–Crippen MR) is 58.3 cm³/mol. The molecule has 1 rings (SSSR count). The number of halogens is 9. The lowest BCUT2D eigenvalue weighted by molar-refractivity contribution is -0.291. The number of rotatable bonds is 3. The maximum absolute atomic E-state index is 12.9. The Morgan fingerprint density at radius 1 is 0.857 bits per heavy atom. The number of ether oxygens (including phenoxy) is 1. The van der Waals surface area contributed by atoms with Gasteiger partial charge in [0.05, 0.1) is 0 Å². The van der Waals surface area contributed by atoms with Crippen molar-refractivity contribution in [3.8, 4) is 5.75 Å². The van der Waals surface area contributed by atoms with Crippen LogP contribution in [-0.4, -0.2) is 18.5 Å². The molecule has 0 aliphatic rings. The summed E-state index contributed by atoms with van der Waals surface area (Å²) in [6, 6.07) is -0.344. The SMILES string of the molecule is Cl.N[C@@H](c1ccc(OC(F)(F)F)cc1)C(F)(F)C(F)(F)F. The van der Waals surface area contributed by atoms with Crippen molar-refractivity contribution in [3.63, 3.8) is 0 Å². The van der Waals surface area contributed by atoms with Crippen molar-refractivity contribution >= 4 is 12.4 Å². The van der Waals surface area contributed by atoms with Crippen LogP contribution in [0.5, 0.6) is 5.75 Å². The van der Waals surface area contributed by atoms with Gasteiger partial charge in [0.1, 0.15) is 11.8 Å². The first kappa shape index (κ1) is 19.7. The van der Waals surface area contributed by atoms with Gasteiger partial charge in [-0.25, -0.2) is 0 Å². The van der Waals surface area contributed by atoms with E-state index in [4.69, 9.17) is 5.73 Å². The minimum Gasteiger partial charge on any atom is -0.406 e. The Balaban J connectivity index is 0.00000400. The molecule has 0 spiro atoms. The fourth-order valence-electron chi connectivity index (χ4n) is 1.26. The zero-order valence-electron chi connectivity index (χ0n) is 9.80. The molecule has 0 unspecified atom stereocenters. The second kappa shape index (κ2) is 6.22. The Morgan fingerprint density at radius 3 is 1.62 bits per heavy atom. The molecule has 21 heavy (non-hydrogen) atoms. The van der Waals surface area contributed by atoms with Gasteiger partial charge < -0.3 is 10.5 Å². The van der Waals surface area contributed by atoms with Crippen LogP contribution in [0.1, 0.15) is 11.6 Å². The molecule has 0 fully saturated rings. The summed E-state index contributed by atoms with van der Waals surface area (Å²) in [6.07, 6.45) is -10.9. The molecule has 2 nitrogen and oxygen atoms in total. The summed E-state index contributed by atoms with van der Waals surface area (Å²) in [5.74, 6) is -5.97. The average Bonchev–Trinajstić information content (AvgIpc) is 2.25. The predicted octanol–water partition coefficient (Wildman–Crippen LogP) is 4.20. The molecule has 0 amide bonds. The maximum atomic E-state index is 12.9. The Bertz CT molecular complexity index is 456. The first-order chi connectivity index (χ1) is 8.84. The fraction of sp³-hybridized carbons (Fsp3) is 0.400. The summed E-state index contributed by atoms with van der Waals surface area (Å²) >= 11 is 0. The van der Waals surface area contributed by atoms with Crippen LogP contribution in [0.25, 0.3) is 0 Å². The molecule has 122 valence electrons. The fourth-order valence-corrected chi connectivity index (χ4v) is 1.26. The molecule has 0 saturated carbocycles. The lowest BCUT2D eigenvalue weighted by Gasteiger charge is -2.26. The molecule has 0 heterocycles. The molecular formula is C10H8ClF8NO. The molecule has 1 aromatic carbocycles. The van der Waals surface area contributed by atoms with E-state index in [9.17, 15) is 35.1 Å². The third kappa shape index (κ3) is 4.88. The van der Waals surface area contributed by atoms with Crippen LogP contribution < -0.4 is 10.5 Å². The molecule has 11 heteroatoms. The Kier molecular flexibility index (Phi) is 5.84. The highest BCUT2D eigenvalue weighted by Gasteiger charge is 2.61. The van der Waals surface area contributed by atoms with Gasteiger partial charge in [0, 0.05) is 0 Å². The van der Waals surface area contributed by atoms with Gasteiger partial charge in [-0.2, -0.15) is 22.0 Å². The quantitative estimate of drug-likeness (QED) is 0.833. The van der Waals surface area contributed by atoms with E-state index in [1.165, 1.54) is 0 Å². The standard InChI is InChI=1S/C10H7F8NO.ClH/c11-8(12,9(13,14)15)7(19)5-1-3-6(4-2-5)20-10(16,17)18;/h1-4,7H,19H2;1H/t7-;/m0./s1.